The summed E-state index contributed by atoms with van der Waals surface area (Å²) in [5.74, 6) is 0.708. The van der Waals surface area contributed by atoms with Crippen LogP contribution in [-0.4, -0.2) is 9.97 Å². The molecule has 3 aromatic heterocycles. The van der Waals surface area contributed by atoms with Gasteiger partial charge >= 0.3 is 0 Å². The van der Waals surface area contributed by atoms with Gasteiger partial charge < -0.3 is 0 Å². The summed E-state index contributed by atoms with van der Waals surface area (Å²) < 4.78 is 5.10. The molecule has 0 fully saturated rings. The van der Waals surface area contributed by atoms with E-state index < -0.39 is 0 Å². The van der Waals surface area contributed by atoms with E-state index in [9.17, 15) is 0 Å². The molecule has 0 spiro atoms. The fourth-order valence-corrected chi connectivity index (χ4v) is 10.5. The highest BCUT2D eigenvalue weighted by atomic mass is 32.1. The largest absolute Gasteiger partial charge is 0.228 e. The Labute approximate surface area is 332 Å². The third-order valence-electron chi connectivity index (χ3n) is 10.7. The second-order valence-electron chi connectivity index (χ2n) is 14.1. The van der Waals surface area contributed by atoms with E-state index in [1.165, 1.54) is 62.6 Å². The fourth-order valence-electron chi connectivity index (χ4n) is 8.06. The summed E-state index contributed by atoms with van der Waals surface area (Å²) >= 11 is 3.69. The maximum atomic E-state index is 5.36. The highest BCUT2D eigenvalue weighted by Gasteiger charge is 2.19. The van der Waals surface area contributed by atoms with E-state index in [0.29, 0.717) is 5.82 Å². The zero-order chi connectivity index (χ0) is 37.0. The van der Waals surface area contributed by atoms with Gasteiger partial charge in [-0.2, -0.15) is 0 Å². The Morgan fingerprint density at radius 1 is 0.286 bits per heavy atom. The molecule has 4 heteroatoms. The van der Waals surface area contributed by atoms with Crippen LogP contribution in [0.5, 0.6) is 0 Å². The Hall–Kier alpha value is -6.72. The second kappa shape index (κ2) is 13.5. The van der Waals surface area contributed by atoms with E-state index in [-0.39, 0.29) is 0 Å². The molecular weight excluding hydrogens is 717 g/mol. The normalized spacial score (nSPS) is 11.6. The first-order chi connectivity index (χ1) is 27.7. The lowest BCUT2D eigenvalue weighted by atomic mass is 9.90. The molecular formula is C52H32N2S2. The summed E-state index contributed by atoms with van der Waals surface area (Å²) in [5, 5.41) is 5.11. The molecule has 0 aliphatic heterocycles. The van der Waals surface area contributed by atoms with Gasteiger partial charge in [-0.25, -0.2) is 9.97 Å². The van der Waals surface area contributed by atoms with Crippen molar-refractivity contribution >= 4 is 63.0 Å². The van der Waals surface area contributed by atoms with Crippen molar-refractivity contribution in [2.24, 2.45) is 0 Å². The Kier molecular flexibility index (Phi) is 7.90. The van der Waals surface area contributed by atoms with E-state index in [2.05, 4.69) is 188 Å². The predicted molar refractivity (Wildman–Crippen MR) is 240 cm³/mol. The number of benzene rings is 8. The number of rotatable bonds is 6. The van der Waals surface area contributed by atoms with Gasteiger partial charge in [-0.1, -0.05) is 158 Å². The van der Waals surface area contributed by atoms with Crippen LogP contribution in [0.3, 0.4) is 0 Å². The molecule has 0 atom stereocenters. The fraction of sp³-hybridized carbons (Fsp3) is 0. The van der Waals surface area contributed by atoms with E-state index >= 15 is 0 Å². The lowest BCUT2D eigenvalue weighted by molar-refractivity contribution is 1.19. The number of thiophene rings is 2. The van der Waals surface area contributed by atoms with Crippen molar-refractivity contribution < 1.29 is 0 Å². The topological polar surface area (TPSA) is 25.8 Å². The summed E-state index contributed by atoms with van der Waals surface area (Å²) in [6.07, 6.45) is 0. The number of hydrogen-bond acceptors (Lipinski definition) is 4. The maximum absolute atomic E-state index is 5.36. The van der Waals surface area contributed by atoms with E-state index in [4.69, 9.17) is 9.97 Å². The van der Waals surface area contributed by atoms with Gasteiger partial charge in [0.2, 0.25) is 0 Å². The molecule has 0 N–H and O–H groups in total. The zero-order valence-electron chi connectivity index (χ0n) is 30.2. The molecule has 11 aromatic rings. The molecule has 0 amide bonds. The van der Waals surface area contributed by atoms with Gasteiger partial charge in [-0.15, -0.1) is 22.7 Å². The first-order valence-corrected chi connectivity index (χ1v) is 20.4. The van der Waals surface area contributed by atoms with Gasteiger partial charge in [0.25, 0.3) is 0 Å². The Morgan fingerprint density at radius 3 is 1.39 bits per heavy atom. The molecule has 56 heavy (non-hydrogen) atoms. The van der Waals surface area contributed by atoms with Crippen LogP contribution in [0.25, 0.3) is 108 Å². The summed E-state index contributed by atoms with van der Waals surface area (Å²) in [5.41, 5.74) is 12.0. The maximum Gasteiger partial charge on any atom is 0.160 e. The standard InChI is InChI=1S/C52H32N2S2/c1-3-15-33(16-4-1)38-19-7-8-20-39(38)35-29-36(40-23-13-24-43-41-21-9-11-27-48(41)55-50(40)43)31-37(30-35)46-32-47(54-52(53-46)34-17-5-2-6-18-34)45-26-14-25-44-42-22-10-12-28-49(42)56-51(44)45/h1-32H. The molecule has 0 bridgehead atoms. The highest BCUT2D eigenvalue weighted by Crippen LogP contribution is 2.44. The molecule has 0 radical (unpaired) electrons. The molecule has 8 aromatic carbocycles. The third-order valence-corrected chi connectivity index (χ3v) is 13.1. The van der Waals surface area contributed by atoms with Crippen LogP contribution in [0.15, 0.2) is 194 Å². The van der Waals surface area contributed by atoms with Gasteiger partial charge in [-0.3, -0.25) is 0 Å². The van der Waals surface area contributed by atoms with Gasteiger partial charge in [0, 0.05) is 57.0 Å². The number of fused-ring (bicyclic) bond motifs is 6. The summed E-state index contributed by atoms with van der Waals surface area (Å²) in [6, 6.07) is 69.7. The summed E-state index contributed by atoms with van der Waals surface area (Å²) in [4.78, 5) is 10.7. The summed E-state index contributed by atoms with van der Waals surface area (Å²) in [6.45, 7) is 0. The average molecular weight is 749 g/mol. The molecule has 262 valence electrons. The van der Waals surface area contributed by atoms with E-state index in [1.807, 2.05) is 28.7 Å². The minimum atomic E-state index is 0.708. The van der Waals surface area contributed by atoms with Crippen LogP contribution in [0.1, 0.15) is 0 Å². The minimum absolute atomic E-state index is 0.708. The van der Waals surface area contributed by atoms with Crippen molar-refractivity contribution in [3.8, 4) is 67.3 Å². The molecule has 3 heterocycles. The van der Waals surface area contributed by atoms with Crippen LogP contribution in [0.2, 0.25) is 0 Å². The van der Waals surface area contributed by atoms with Crippen molar-refractivity contribution in [1.82, 2.24) is 9.97 Å². The molecule has 11 rings (SSSR count). The number of hydrogen-bond donors (Lipinski definition) is 0. The first-order valence-electron chi connectivity index (χ1n) is 18.8. The Morgan fingerprint density at radius 2 is 0.732 bits per heavy atom. The van der Waals surface area contributed by atoms with Crippen LogP contribution in [0, 0.1) is 0 Å². The van der Waals surface area contributed by atoms with Crippen molar-refractivity contribution in [2.45, 2.75) is 0 Å². The monoisotopic (exact) mass is 748 g/mol. The van der Waals surface area contributed by atoms with Crippen LogP contribution < -0.4 is 0 Å². The SMILES string of the molecule is c1ccc(-c2nc(-c3cc(-c4ccccc4-c4ccccc4)cc(-c4cccc5c4sc4ccccc45)c3)cc(-c3cccc4c3sc3ccccc34)n2)cc1. The molecule has 0 aliphatic carbocycles. The van der Waals surface area contributed by atoms with E-state index in [1.54, 1.807) is 0 Å². The van der Waals surface area contributed by atoms with Crippen LogP contribution in [-0.2, 0) is 0 Å². The molecule has 0 unspecified atom stereocenters. The molecule has 0 saturated carbocycles. The molecule has 0 saturated heterocycles. The van der Waals surface area contributed by atoms with Crippen molar-refractivity contribution in [3.05, 3.63) is 194 Å². The van der Waals surface area contributed by atoms with Crippen molar-refractivity contribution in [2.75, 3.05) is 0 Å². The summed E-state index contributed by atoms with van der Waals surface area (Å²) in [7, 11) is 0. The predicted octanol–water partition coefficient (Wildman–Crippen LogP) is 15.2. The first kappa shape index (κ1) is 32.7. The Balaban J connectivity index is 1.19. The number of nitrogens with zero attached hydrogens (tertiary/aromatic N) is 2. The highest BCUT2D eigenvalue weighted by molar-refractivity contribution is 7.26. The van der Waals surface area contributed by atoms with Gasteiger partial charge in [0.1, 0.15) is 0 Å². The lowest BCUT2D eigenvalue weighted by Crippen LogP contribution is -1.97. The lowest BCUT2D eigenvalue weighted by Gasteiger charge is -2.16. The van der Waals surface area contributed by atoms with Gasteiger partial charge in [0.15, 0.2) is 5.82 Å². The average Bonchev–Trinajstić information content (AvgIpc) is 3.85. The molecule has 0 aliphatic rings. The zero-order valence-corrected chi connectivity index (χ0v) is 31.8. The van der Waals surface area contributed by atoms with E-state index in [0.717, 1.165) is 39.2 Å². The van der Waals surface area contributed by atoms with Crippen molar-refractivity contribution in [1.29, 1.82) is 0 Å². The number of aromatic nitrogens is 2. The molecule has 2 nitrogen and oxygen atoms in total. The van der Waals surface area contributed by atoms with Crippen LogP contribution >= 0.6 is 22.7 Å². The third kappa shape index (κ3) is 5.62. The van der Waals surface area contributed by atoms with Crippen molar-refractivity contribution in [3.63, 3.8) is 0 Å². The van der Waals surface area contributed by atoms with Crippen LogP contribution in [0.4, 0.5) is 0 Å². The minimum Gasteiger partial charge on any atom is -0.228 e. The van der Waals surface area contributed by atoms with Gasteiger partial charge in [0.05, 0.1) is 11.4 Å². The van der Waals surface area contributed by atoms with Gasteiger partial charge in [-0.05, 0) is 69.8 Å². The second-order valence-corrected chi connectivity index (χ2v) is 16.2. The Bertz CT molecular complexity index is 3250. The quantitative estimate of drug-likeness (QED) is 0.169. The smallest absolute Gasteiger partial charge is 0.160 e.